The quantitative estimate of drug-likeness (QED) is 0.252. The number of hydrogen-bond donors (Lipinski definition) is 3. The normalized spacial score (nSPS) is 12.6. The summed E-state index contributed by atoms with van der Waals surface area (Å²) in [5.41, 5.74) is 4.45. The topological polar surface area (TPSA) is 84.2 Å². The maximum atomic E-state index is 12.4. The van der Waals surface area contributed by atoms with Crippen LogP contribution in [0.5, 0.6) is 0 Å². The maximum Gasteiger partial charge on any atom is 0.389 e. The van der Waals surface area contributed by atoms with Crippen molar-refractivity contribution in [3.63, 3.8) is 0 Å². The summed E-state index contributed by atoms with van der Waals surface area (Å²) in [7, 11) is 0. The third-order valence-electron chi connectivity index (χ3n) is 5.73. The molecule has 2 N–H and O–H groups in total. The highest BCUT2D eigenvalue weighted by molar-refractivity contribution is 9.10. The highest BCUT2D eigenvalue weighted by Crippen LogP contribution is 2.27. The number of carboxylic acid groups (broad SMARTS) is 1. The number of imidazole rings is 1. The molecule has 0 saturated carbocycles. The van der Waals surface area contributed by atoms with Gasteiger partial charge in [0.2, 0.25) is 5.91 Å². The Morgan fingerprint density at radius 2 is 1.94 bits per heavy atom. The fourth-order valence-electron chi connectivity index (χ4n) is 3.96. The van der Waals surface area contributed by atoms with Crippen LogP contribution in [0.1, 0.15) is 59.1 Å². The summed E-state index contributed by atoms with van der Waals surface area (Å²) in [4.78, 5) is 28.4. The van der Waals surface area contributed by atoms with E-state index in [9.17, 15) is 27.9 Å². The molecular weight excluding hydrogens is 559 g/mol. The van der Waals surface area contributed by atoms with Gasteiger partial charge in [-0.15, -0.1) is 0 Å². The summed E-state index contributed by atoms with van der Waals surface area (Å²) < 4.78 is 39.9. The molecule has 1 unspecified atom stereocenters. The monoisotopic (exact) mass is 585 g/mol. The van der Waals surface area contributed by atoms with Crippen molar-refractivity contribution in [1.29, 1.82) is 0 Å². The van der Waals surface area contributed by atoms with Crippen LogP contribution < -0.4 is 5.32 Å². The number of carboxylic acids is 1. The molecule has 0 bridgehead atoms. The zero-order valence-electron chi connectivity index (χ0n) is 19.8. The second kappa shape index (κ2) is 11.7. The Morgan fingerprint density at radius 1 is 1.22 bits per heavy atom. The van der Waals surface area contributed by atoms with Crippen LogP contribution in [0.4, 0.5) is 13.2 Å². The number of nitrogens with one attached hydrogen (secondary N) is 1. The smallest absolute Gasteiger partial charge is 0.389 e. The Morgan fingerprint density at radius 3 is 2.56 bits per heavy atom. The van der Waals surface area contributed by atoms with Gasteiger partial charge < -0.3 is 15.0 Å². The molecule has 0 saturated heterocycles. The molecule has 36 heavy (non-hydrogen) atoms. The van der Waals surface area contributed by atoms with E-state index in [0.29, 0.717) is 11.0 Å². The lowest BCUT2D eigenvalue weighted by Crippen LogP contribution is -2.31. The van der Waals surface area contributed by atoms with Crippen LogP contribution in [0, 0.1) is 6.92 Å². The van der Waals surface area contributed by atoms with Crippen LogP contribution in [0.15, 0.2) is 34.8 Å². The molecule has 0 aliphatic heterocycles. The maximum absolute atomic E-state index is 12.4. The lowest BCUT2D eigenvalue weighted by Gasteiger charge is -2.14. The van der Waals surface area contributed by atoms with E-state index in [2.05, 4.69) is 45.4 Å². The van der Waals surface area contributed by atoms with Crippen LogP contribution in [-0.4, -0.2) is 38.0 Å². The first-order valence-corrected chi connectivity index (χ1v) is 12.7. The molecule has 0 radical (unpaired) electrons. The van der Waals surface area contributed by atoms with Crippen molar-refractivity contribution in [2.45, 2.75) is 64.0 Å². The van der Waals surface area contributed by atoms with E-state index in [1.54, 1.807) is 18.2 Å². The van der Waals surface area contributed by atoms with E-state index in [1.165, 1.54) is 0 Å². The number of carbonyl (C=O) groups excluding carboxylic acids is 1. The number of alkyl halides is 3. The average Bonchev–Trinajstić information content (AvgIpc) is 3.13. The zero-order chi connectivity index (χ0) is 26.6. The molecule has 3 rings (SSSR count). The Balaban J connectivity index is 1.87. The SMILES string of the molecule is CCCc1nc2c(C)cc(CNC(=O)C(S)CCC(F)(F)F)cc2n1Cc1ccc(C(=O)O)c(Br)c1. The molecule has 3 aromatic rings. The number of nitrogens with zero attached hydrogens (tertiary/aromatic N) is 2. The van der Waals surface area contributed by atoms with Crippen molar-refractivity contribution >= 4 is 51.5 Å². The molecule has 1 amide bonds. The van der Waals surface area contributed by atoms with Crippen LogP contribution in [0.3, 0.4) is 0 Å². The highest BCUT2D eigenvalue weighted by atomic mass is 79.9. The molecule has 6 nitrogen and oxygen atoms in total. The second-order valence-corrected chi connectivity index (χ2v) is 10.1. The summed E-state index contributed by atoms with van der Waals surface area (Å²) in [6.07, 6.45) is -4.16. The molecule has 0 spiro atoms. The number of aromatic carboxylic acids is 1. The van der Waals surface area contributed by atoms with Gasteiger partial charge in [-0.05, 0) is 70.6 Å². The number of halogens is 4. The van der Waals surface area contributed by atoms with E-state index in [-0.39, 0.29) is 18.5 Å². The Labute approximate surface area is 220 Å². The first kappa shape index (κ1) is 28.0. The van der Waals surface area contributed by atoms with Gasteiger partial charge in [0.05, 0.1) is 21.8 Å². The fourth-order valence-corrected chi connectivity index (χ4v) is 4.77. The van der Waals surface area contributed by atoms with Crippen LogP contribution in [-0.2, 0) is 24.3 Å². The number of thiol groups is 1. The summed E-state index contributed by atoms with van der Waals surface area (Å²) in [6, 6.07) is 8.91. The van der Waals surface area contributed by atoms with Gasteiger partial charge >= 0.3 is 12.1 Å². The predicted molar refractivity (Wildman–Crippen MR) is 139 cm³/mol. The van der Waals surface area contributed by atoms with Crippen molar-refractivity contribution in [3.8, 4) is 0 Å². The van der Waals surface area contributed by atoms with E-state index < -0.39 is 29.7 Å². The van der Waals surface area contributed by atoms with Gasteiger partial charge in [0.15, 0.2) is 0 Å². The minimum atomic E-state index is -4.33. The summed E-state index contributed by atoms with van der Waals surface area (Å²) >= 11 is 7.35. The third kappa shape index (κ3) is 7.03. The van der Waals surface area contributed by atoms with Crippen molar-refractivity contribution in [2.75, 3.05) is 0 Å². The number of hydrogen-bond acceptors (Lipinski definition) is 4. The van der Waals surface area contributed by atoms with Crippen LogP contribution >= 0.6 is 28.6 Å². The number of fused-ring (bicyclic) bond motifs is 1. The molecule has 1 atom stereocenters. The number of carbonyl (C=O) groups is 2. The molecular formula is C25H27BrF3N3O3S. The van der Waals surface area contributed by atoms with E-state index in [4.69, 9.17) is 4.98 Å². The Hall–Kier alpha value is -2.53. The Kier molecular flexibility index (Phi) is 9.10. The molecule has 11 heteroatoms. The van der Waals surface area contributed by atoms with Crippen LogP contribution in [0.25, 0.3) is 11.0 Å². The molecule has 194 valence electrons. The summed E-state index contributed by atoms with van der Waals surface area (Å²) in [6.45, 7) is 4.59. The van der Waals surface area contributed by atoms with Crippen LogP contribution in [0.2, 0.25) is 0 Å². The van der Waals surface area contributed by atoms with Gasteiger partial charge in [-0.25, -0.2) is 9.78 Å². The number of benzene rings is 2. The lowest BCUT2D eigenvalue weighted by atomic mass is 10.1. The number of aryl methyl sites for hydroxylation is 2. The summed E-state index contributed by atoms with van der Waals surface area (Å²) in [5.74, 6) is -0.681. The number of aromatic nitrogens is 2. The zero-order valence-corrected chi connectivity index (χ0v) is 22.3. The number of amides is 1. The molecule has 0 aliphatic carbocycles. The molecule has 0 aliphatic rings. The third-order valence-corrected chi connectivity index (χ3v) is 6.88. The Bertz CT molecular complexity index is 1280. The van der Waals surface area contributed by atoms with Gasteiger partial charge in [-0.1, -0.05) is 19.1 Å². The van der Waals surface area contributed by atoms with Crippen molar-refractivity contribution in [1.82, 2.24) is 14.9 Å². The highest BCUT2D eigenvalue weighted by Gasteiger charge is 2.29. The largest absolute Gasteiger partial charge is 0.478 e. The average molecular weight is 586 g/mol. The van der Waals surface area contributed by atoms with Gasteiger partial charge in [0.25, 0.3) is 0 Å². The standard InChI is InChI=1S/C25H27BrF3N3O3S/c1-3-4-21-31-22-14(2)9-16(12-30-23(33)20(36)7-8-25(27,28)29)11-19(22)32(21)13-15-5-6-17(24(34)35)18(26)10-15/h5-6,9-11,20,36H,3-4,7-8,12-13H2,1-2H3,(H,30,33)(H,34,35). The lowest BCUT2D eigenvalue weighted by molar-refractivity contribution is -0.137. The second-order valence-electron chi connectivity index (χ2n) is 8.65. The van der Waals surface area contributed by atoms with Crippen molar-refractivity contribution in [3.05, 3.63) is 62.9 Å². The first-order chi connectivity index (χ1) is 16.9. The summed E-state index contributed by atoms with van der Waals surface area (Å²) in [5, 5.41) is 10.9. The van der Waals surface area contributed by atoms with Gasteiger partial charge in [0, 0.05) is 30.4 Å². The van der Waals surface area contributed by atoms with Gasteiger partial charge in [-0.3, -0.25) is 4.79 Å². The van der Waals surface area contributed by atoms with E-state index in [0.717, 1.165) is 46.4 Å². The van der Waals surface area contributed by atoms with E-state index >= 15 is 0 Å². The first-order valence-electron chi connectivity index (χ1n) is 11.4. The van der Waals surface area contributed by atoms with Gasteiger partial charge in [-0.2, -0.15) is 25.8 Å². The molecule has 1 heterocycles. The van der Waals surface area contributed by atoms with Crippen molar-refractivity contribution < 1.29 is 27.9 Å². The molecule has 1 aromatic heterocycles. The van der Waals surface area contributed by atoms with Gasteiger partial charge in [0.1, 0.15) is 5.82 Å². The number of rotatable bonds is 10. The fraction of sp³-hybridized carbons (Fsp3) is 0.400. The minimum absolute atomic E-state index is 0.145. The van der Waals surface area contributed by atoms with Crippen molar-refractivity contribution in [2.24, 2.45) is 0 Å². The molecule has 0 fully saturated rings. The minimum Gasteiger partial charge on any atom is -0.478 e. The molecule has 2 aromatic carbocycles. The van der Waals surface area contributed by atoms with E-state index in [1.807, 2.05) is 19.1 Å². The predicted octanol–water partition coefficient (Wildman–Crippen LogP) is 6.06.